The summed E-state index contributed by atoms with van der Waals surface area (Å²) < 4.78 is 14.7. The molecular weight excluding hydrogens is 249 g/mol. The van der Waals surface area contributed by atoms with E-state index < -0.39 is 11.9 Å². The van der Waals surface area contributed by atoms with Crippen molar-refractivity contribution in [2.75, 3.05) is 0 Å². The zero-order chi connectivity index (χ0) is 12.5. The first-order valence-electron chi connectivity index (χ1n) is 5.44. The van der Waals surface area contributed by atoms with Crippen molar-refractivity contribution in [1.29, 1.82) is 0 Å². The Balaban J connectivity index is 2.06. The minimum Gasteiger partial charge on any atom is -0.320 e. The molecule has 3 heterocycles. The maximum absolute atomic E-state index is 13.6. The number of rotatable bonds is 2. The number of hydrogen-bond acceptors (Lipinski definition) is 4. The highest BCUT2D eigenvalue weighted by molar-refractivity contribution is 7.17. The summed E-state index contributed by atoms with van der Waals surface area (Å²) in [7, 11) is 0. The molecule has 18 heavy (non-hydrogen) atoms. The highest BCUT2D eigenvalue weighted by Gasteiger charge is 2.14. The summed E-state index contributed by atoms with van der Waals surface area (Å²) in [5.74, 6) is -0.392. The molecular formula is C13H10FN3S. The number of nitrogens with zero attached hydrogens (tertiary/aromatic N) is 2. The van der Waals surface area contributed by atoms with E-state index in [0.29, 0.717) is 5.56 Å². The van der Waals surface area contributed by atoms with Crippen LogP contribution in [0.1, 0.15) is 17.2 Å². The largest absolute Gasteiger partial charge is 0.320 e. The second-order valence-corrected chi connectivity index (χ2v) is 4.90. The van der Waals surface area contributed by atoms with Crippen LogP contribution in [0.5, 0.6) is 0 Å². The van der Waals surface area contributed by atoms with Crippen molar-refractivity contribution in [3.05, 3.63) is 59.1 Å². The fraction of sp³-hybridized carbons (Fsp3) is 0.0769. The molecule has 0 saturated carbocycles. The van der Waals surface area contributed by atoms with Gasteiger partial charge < -0.3 is 5.73 Å². The Hall–Kier alpha value is -1.85. The lowest BCUT2D eigenvalue weighted by Gasteiger charge is -2.12. The maximum atomic E-state index is 13.6. The molecule has 0 radical (unpaired) electrons. The number of hydrogen-bond donors (Lipinski definition) is 1. The summed E-state index contributed by atoms with van der Waals surface area (Å²) in [6, 6.07) is 4.98. The quantitative estimate of drug-likeness (QED) is 0.770. The van der Waals surface area contributed by atoms with Crippen molar-refractivity contribution < 1.29 is 4.39 Å². The fourth-order valence-electron chi connectivity index (χ4n) is 1.85. The van der Waals surface area contributed by atoms with Gasteiger partial charge in [0, 0.05) is 18.0 Å². The first-order valence-corrected chi connectivity index (χ1v) is 6.32. The van der Waals surface area contributed by atoms with E-state index in [0.717, 1.165) is 15.8 Å². The number of pyridine rings is 2. The van der Waals surface area contributed by atoms with Crippen LogP contribution in [0.4, 0.5) is 4.39 Å². The monoisotopic (exact) mass is 259 g/mol. The third-order valence-corrected chi connectivity index (χ3v) is 3.67. The van der Waals surface area contributed by atoms with Crippen LogP contribution in [-0.4, -0.2) is 9.97 Å². The standard InChI is InChI=1S/C13H10FN3S/c14-10-7-16-3-1-9(10)13(15)8-5-12-11(17-6-8)2-4-18-12/h1-7,13H,15H2. The molecule has 0 aliphatic heterocycles. The molecule has 1 atom stereocenters. The molecule has 5 heteroatoms. The molecule has 0 aromatic carbocycles. The maximum Gasteiger partial charge on any atom is 0.146 e. The van der Waals surface area contributed by atoms with Gasteiger partial charge >= 0.3 is 0 Å². The van der Waals surface area contributed by atoms with Gasteiger partial charge in [-0.25, -0.2) is 4.39 Å². The Morgan fingerprint density at radius 2 is 2.17 bits per heavy atom. The van der Waals surface area contributed by atoms with Crippen molar-refractivity contribution in [2.24, 2.45) is 5.73 Å². The molecule has 0 aliphatic carbocycles. The van der Waals surface area contributed by atoms with Crippen molar-refractivity contribution in [1.82, 2.24) is 9.97 Å². The molecule has 3 aromatic rings. The van der Waals surface area contributed by atoms with Crippen LogP contribution in [0, 0.1) is 5.82 Å². The van der Waals surface area contributed by atoms with Crippen LogP contribution >= 0.6 is 11.3 Å². The Labute approximate surface area is 107 Å². The van der Waals surface area contributed by atoms with E-state index >= 15 is 0 Å². The first-order chi connectivity index (χ1) is 8.75. The van der Waals surface area contributed by atoms with Crippen LogP contribution in [0.25, 0.3) is 10.2 Å². The van der Waals surface area contributed by atoms with Crippen LogP contribution in [-0.2, 0) is 0 Å². The van der Waals surface area contributed by atoms with Gasteiger partial charge in [0.1, 0.15) is 5.82 Å². The van der Waals surface area contributed by atoms with E-state index in [4.69, 9.17) is 5.73 Å². The van der Waals surface area contributed by atoms with Gasteiger partial charge in [0.15, 0.2) is 0 Å². The number of thiophene rings is 1. The molecule has 0 bridgehead atoms. The molecule has 0 aliphatic rings. The zero-order valence-corrected chi connectivity index (χ0v) is 10.2. The summed E-state index contributed by atoms with van der Waals surface area (Å²) in [5, 5.41) is 1.97. The highest BCUT2D eigenvalue weighted by Crippen LogP contribution is 2.25. The molecule has 0 amide bonds. The van der Waals surface area contributed by atoms with Crippen LogP contribution in [0.3, 0.4) is 0 Å². The highest BCUT2D eigenvalue weighted by atomic mass is 32.1. The van der Waals surface area contributed by atoms with Crippen molar-refractivity contribution in [2.45, 2.75) is 6.04 Å². The Morgan fingerprint density at radius 1 is 1.28 bits per heavy atom. The number of nitrogens with two attached hydrogens (primary N) is 1. The smallest absolute Gasteiger partial charge is 0.146 e. The molecule has 3 aromatic heterocycles. The molecule has 0 fully saturated rings. The van der Waals surface area contributed by atoms with Gasteiger partial charge in [-0.3, -0.25) is 9.97 Å². The minimum atomic E-state index is -0.521. The summed E-state index contributed by atoms with van der Waals surface area (Å²) in [6.07, 6.45) is 4.40. The second-order valence-electron chi connectivity index (χ2n) is 3.95. The SMILES string of the molecule is NC(c1cnc2ccsc2c1)c1ccncc1F. The molecule has 3 rings (SSSR count). The van der Waals surface area contributed by atoms with Gasteiger partial charge in [-0.05, 0) is 29.1 Å². The number of halogens is 1. The van der Waals surface area contributed by atoms with Gasteiger partial charge in [0.2, 0.25) is 0 Å². The van der Waals surface area contributed by atoms with Crippen LogP contribution in [0.2, 0.25) is 0 Å². The van der Waals surface area contributed by atoms with E-state index in [-0.39, 0.29) is 0 Å². The van der Waals surface area contributed by atoms with E-state index in [9.17, 15) is 4.39 Å². The van der Waals surface area contributed by atoms with Crippen molar-refractivity contribution >= 4 is 21.6 Å². The first kappa shape index (κ1) is 11.3. The Morgan fingerprint density at radius 3 is 3.00 bits per heavy atom. The topological polar surface area (TPSA) is 51.8 Å². The summed E-state index contributed by atoms with van der Waals surface area (Å²) >= 11 is 1.59. The normalized spacial score (nSPS) is 12.8. The van der Waals surface area contributed by atoms with Crippen molar-refractivity contribution in [3.8, 4) is 0 Å². The molecule has 0 spiro atoms. The Bertz CT molecular complexity index is 695. The molecule has 2 N–H and O–H groups in total. The Kier molecular flexibility index (Phi) is 2.77. The summed E-state index contributed by atoms with van der Waals surface area (Å²) in [5.41, 5.74) is 8.24. The molecule has 3 nitrogen and oxygen atoms in total. The second kappa shape index (κ2) is 4.44. The zero-order valence-electron chi connectivity index (χ0n) is 9.38. The van der Waals surface area contributed by atoms with Gasteiger partial charge in [-0.1, -0.05) is 0 Å². The predicted molar refractivity (Wildman–Crippen MR) is 69.8 cm³/mol. The fourth-order valence-corrected chi connectivity index (χ4v) is 2.64. The van der Waals surface area contributed by atoms with Gasteiger partial charge in [-0.15, -0.1) is 11.3 Å². The number of aromatic nitrogens is 2. The lowest BCUT2D eigenvalue weighted by Crippen LogP contribution is -2.14. The van der Waals surface area contributed by atoms with E-state index in [1.165, 1.54) is 12.4 Å². The number of fused-ring (bicyclic) bond motifs is 1. The van der Waals surface area contributed by atoms with Gasteiger partial charge in [0.05, 0.1) is 22.5 Å². The average molecular weight is 259 g/mol. The predicted octanol–water partition coefficient (Wildman–Crippen LogP) is 2.88. The van der Waals surface area contributed by atoms with E-state index in [1.807, 2.05) is 17.5 Å². The molecule has 0 saturated heterocycles. The van der Waals surface area contributed by atoms with E-state index in [2.05, 4.69) is 9.97 Å². The van der Waals surface area contributed by atoms with Crippen molar-refractivity contribution in [3.63, 3.8) is 0 Å². The van der Waals surface area contributed by atoms with Crippen LogP contribution in [0.15, 0.2) is 42.2 Å². The third kappa shape index (κ3) is 1.87. The minimum absolute atomic E-state index is 0.392. The molecule has 90 valence electrons. The van der Waals surface area contributed by atoms with E-state index in [1.54, 1.807) is 23.6 Å². The van der Waals surface area contributed by atoms with Crippen LogP contribution < -0.4 is 5.73 Å². The third-order valence-electron chi connectivity index (χ3n) is 2.82. The van der Waals surface area contributed by atoms with Gasteiger partial charge in [-0.2, -0.15) is 0 Å². The lowest BCUT2D eigenvalue weighted by atomic mass is 10.0. The average Bonchev–Trinajstić information content (AvgIpc) is 2.85. The van der Waals surface area contributed by atoms with Gasteiger partial charge in [0.25, 0.3) is 0 Å². The molecule has 1 unspecified atom stereocenters. The summed E-state index contributed by atoms with van der Waals surface area (Å²) in [4.78, 5) is 8.03. The summed E-state index contributed by atoms with van der Waals surface area (Å²) in [6.45, 7) is 0. The lowest BCUT2D eigenvalue weighted by molar-refractivity contribution is 0.593.